The summed E-state index contributed by atoms with van der Waals surface area (Å²) < 4.78 is 1.85. The monoisotopic (exact) mass is 260 g/mol. The lowest BCUT2D eigenvalue weighted by atomic mass is 10.3. The second kappa shape index (κ2) is 6.17. The Balaban J connectivity index is 2.04. The fourth-order valence-corrected chi connectivity index (χ4v) is 1.69. The van der Waals surface area contributed by atoms with E-state index in [2.05, 4.69) is 32.6 Å². The van der Waals surface area contributed by atoms with Crippen molar-refractivity contribution >= 4 is 11.8 Å². The van der Waals surface area contributed by atoms with Gasteiger partial charge >= 0.3 is 0 Å². The summed E-state index contributed by atoms with van der Waals surface area (Å²) >= 11 is 0. The van der Waals surface area contributed by atoms with Crippen molar-refractivity contribution in [3.8, 4) is 0 Å². The van der Waals surface area contributed by atoms with Gasteiger partial charge < -0.3 is 10.6 Å². The zero-order valence-corrected chi connectivity index (χ0v) is 11.6. The molecule has 2 rings (SSSR count). The molecule has 0 spiro atoms. The van der Waals surface area contributed by atoms with Crippen LogP contribution in [0.3, 0.4) is 0 Å². The van der Waals surface area contributed by atoms with Crippen LogP contribution >= 0.6 is 0 Å². The second-order valence-corrected chi connectivity index (χ2v) is 4.45. The lowest BCUT2D eigenvalue weighted by molar-refractivity contribution is 0.719. The van der Waals surface area contributed by atoms with Crippen LogP contribution in [-0.2, 0) is 13.6 Å². The van der Waals surface area contributed by atoms with Gasteiger partial charge in [-0.25, -0.2) is 4.98 Å². The molecule has 6 nitrogen and oxygen atoms in total. The molecular formula is C13H20N6. The summed E-state index contributed by atoms with van der Waals surface area (Å²) in [4.78, 5) is 8.74. The molecule has 2 N–H and O–H groups in total. The van der Waals surface area contributed by atoms with Crippen molar-refractivity contribution in [2.45, 2.75) is 26.8 Å². The highest BCUT2D eigenvalue weighted by atomic mass is 15.3. The molecule has 6 heteroatoms. The number of hydrogen-bond donors (Lipinski definition) is 2. The zero-order valence-electron chi connectivity index (χ0n) is 11.6. The predicted octanol–water partition coefficient (Wildman–Crippen LogP) is 1.95. The minimum atomic E-state index is 0.667. The lowest BCUT2D eigenvalue weighted by Gasteiger charge is -2.10. The molecule has 0 aromatic carbocycles. The Morgan fingerprint density at radius 3 is 2.84 bits per heavy atom. The molecule has 0 unspecified atom stereocenters. The maximum Gasteiger partial charge on any atom is 0.224 e. The fourth-order valence-electron chi connectivity index (χ4n) is 1.69. The summed E-state index contributed by atoms with van der Waals surface area (Å²) in [6, 6.07) is 1.99. The first-order chi connectivity index (χ1) is 9.20. The Morgan fingerprint density at radius 2 is 2.16 bits per heavy atom. The highest BCUT2D eigenvalue weighted by molar-refractivity contribution is 5.46. The molecule has 0 aliphatic carbocycles. The molecule has 0 aliphatic rings. The summed E-state index contributed by atoms with van der Waals surface area (Å²) in [7, 11) is 1.93. The van der Waals surface area contributed by atoms with Crippen molar-refractivity contribution in [1.82, 2.24) is 19.7 Å². The van der Waals surface area contributed by atoms with E-state index in [1.165, 1.54) is 0 Å². The molecular weight excluding hydrogens is 240 g/mol. The van der Waals surface area contributed by atoms with E-state index in [0.29, 0.717) is 12.5 Å². The molecule has 0 saturated heterocycles. The minimum absolute atomic E-state index is 0.667. The Morgan fingerprint density at radius 1 is 1.32 bits per heavy atom. The van der Waals surface area contributed by atoms with E-state index in [0.717, 1.165) is 30.0 Å². The first-order valence-corrected chi connectivity index (χ1v) is 6.49. The van der Waals surface area contributed by atoms with E-state index in [1.54, 1.807) is 6.20 Å². The molecule has 19 heavy (non-hydrogen) atoms. The van der Waals surface area contributed by atoms with Gasteiger partial charge in [-0.1, -0.05) is 6.92 Å². The summed E-state index contributed by atoms with van der Waals surface area (Å²) in [5.41, 5.74) is 2.14. The fraction of sp³-hybridized carbons (Fsp3) is 0.462. The zero-order chi connectivity index (χ0) is 13.7. The van der Waals surface area contributed by atoms with Crippen LogP contribution in [0.2, 0.25) is 0 Å². The van der Waals surface area contributed by atoms with Crippen LogP contribution in [0.5, 0.6) is 0 Å². The van der Waals surface area contributed by atoms with Crippen LogP contribution in [-0.4, -0.2) is 26.3 Å². The largest absolute Gasteiger partial charge is 0.364 e. The molecule has 102 valence electrons. The van der Waals surface area contributed by atoms with Gasteiger partial charge in [0, 0.05) is 31.5 Å². The molecule has 2 aromatic heterocycles. The minimum Gasteiger partial charge on any atom is -0.364 e. The third kappa shape index (κ3) is 3.43. The summed E-state index contributed by atoms with van der Waals surface area (Å²) in [5, 5.41) is 10.6. The first kappa shape index (κ1) is 13.3. The van der Waals surface area contributed by atoms with Crippen LogP contribution in [0.25, 0.3) is 0 Å². The van der Waals surface area contributed by atoms with Crippen molar-refractivity contribution in [2.24, 2.45) is 7.05 Å². The molecule has 0 fully saturated rings. The van der Waals surface area contributed by atoms with E-state index in [9.17, 15) is 0 Å². The van der Waals surface area contributed by atoms with E-state index < -0.39 is 0 Å². The Hall–Kier alpha value is -2.11. The molecule has 2 heterocycles. The second-order valence-electron chi connectivity index (χ2n) is 4.45. The van der Waals surface area contributed by atoms with Gasteiger partial charge in [0.05, 0.1) is 12.2 Å². The predicted molar refractivity (Wildman–Crippen MR) is 76.1 cm³/mol. The van der Waals surface area contributed by atoms with Gasteiger partial charge in [0.2, 0.25) is 5.95 Å². The summed E-state index contributed by atoms with van der Waals surface area (Å²) in [6.07, 6.45) is 4.67. The first-order valence-electron chi connectivity index (χ1n) is 6.49. The third-order valence-electron chi connectivity index (χ3n) is 2.86. The molecule has 0 amide bonds. The van der Waals surface area contributed by atoms with E-state index in [1.807, 2.05) is 30.9 Å². The molecule has 2 aromatic rings. The molecule has 0 aliphatic heterocycles. The maximum atomic E-state index is 4.48. The highest BCUT2D eigenvalue weighted by Gasteiger charge is 2.04. The van der Waals surface area contributed by atoms with Crippen molar-refractivity contribution in [2.75, 3.05) is 17.2 Å². The summed E-state index contributed by atoms with van der Waals surface area (Å²) in [6.45, 7) is 5.68. The van der Waals surface area contributed by atoms with Crippen LogP contribution in [0, 0.1) is 6.92 Å². The van der Waals surface area contributed by atoms with Crippen molar-refractivity contribution in [1.29, 1.82) is 0 Å². The lowest BCUT2D eigenvalue weighted by Crippen LogP contribution is -2.10. The topological polar surface area (TPSA) is 67.7 Å². The average molecular weight is 260 g/mol. The number of anilines is 2. The van der Waals surface area contributed by atoms with Crippen LogP contribution < -0.4 is 10.6 Å². The van der Waals surface area contributed by atoms with Crippen molar-refractivity contribution in [3.63, 3.8) is 0 Å². The van der Waals surface area contributed by atoms with Crippen molar-refractivity contribution in [3.05, 3.63) is 29.7 Å². The van der Waals surface area contributed by atoms with Gasteiger partial charge in [0.1, 0.15) is 5.82 Å². The number of nitrogens with zero attached hydrogens (tertiary/aromatic N) is 4. The number of rotatable bonds is 6. The standard InChI is InChI=1S/C13H20N6/c1-4-6-14-13-16-8-10(2)12(18-13)15-9-11-5-7-17-19(11)3/h5,7-8H,4,6,9H2,1-3H3,(H2,14,15,16,18). The smallest absolute Gasteiger partial charge is 0.224 e. The van der Waals surface area contributed by atoms with Crippen LogP contribution in [0.1, 0.15) is 24.6 Å². The Bertz CT molecular complexity index is 534. The number of nitrogens with one attached hydrogen (secondary N) is 2. The number of hydrogen-bond acceptors (Lipinski definition) is 5. The van der Waals surface area contributed by atoms with Gasteiger partial charge in [-0.2, -0.15) is 10.1 Å². The summed E-state index contributed by atoms with van der Waals surface area (Å²) in [5.74, 6) is 1.52. The maximum absolute atomic E-state index is 4.48. The Kier molecular flexibility index (Phi) is 4.33. The highest BCUT2D eigenvalue weighted by Crippen LogP contribution is 2.13. The van der Waals surface area contributed by atoms with E-state index in [-0.39, 0.29) is 0 Å². The van der Waals surface area contributed by atoms with Crippen molar-refractivity contribution < 1.29 is 0 Å². The van der Waals surface area contributed by atoms with Gasteiger partial charge in [-0.15, -0.1) is 0 Å². The van der Waals surface area contributed by atoms with Gasteiger partial charge in [0.15, 0.2) is 0 Å². The van der Waals surface area contributed by atoms with Gasteiger partial charge in [-0.05, 0) is 19.4 Å². The van der Waals surface area contributed by atoms with E-state index >= 15 is 0 Å². The molecule has 0 bridgehead atoms. The molecule has 0 radical (unpaired) electrons. The molecule has 0 saturated carbocycles. The molecule has 0 atom stereocenters. The number of aryl methyl sites for hydroxylation is 2. The van der Waals surface area contributed by atoms with Crippen LogP contribution in [0.15, 0.2) is 18.5 Å². The van der Waals surface area contributed by atoms with E-state index in [4.69, 9.17) is 0 Å². The quantitative estimate of drug-likeness (QED) is 0.831. The van der Waals surface area contributed by atoms with Crippen LogP contribution in [0.4, 0.5) is 11.8 Å². The average Bonchev–Trinajstić information content (AvgIpc) is 2.82. The third-order valence-corrected chi connectivity index (χ3v) is 2.86. The Labute approximate surface area is 113 Å². The van der Waals surface area contributed by atoms with Gasteiger partial charge in [-0.3, -0.25) is 4.68 Å². The van der Waals surface area contributed by atoms with Gasteiger partial charge in [0.25, 0.3) is 0 Å². The normalized spacial score (nSPS) is 10.5. The SMILES string of the molecule is CCCNc1ncc(C)c(NCc2ccnn2C)n1. The number of aromatic nitrogens is 4.